The van der Waals surface area contributed by atoms with E-state index in [-0.39, 0.29) is 11.8 Å². The molecule has 0 saturated heterocycles. The van der Waals surface area contributed by atoms with Crippen LogP contribution in [0.25, 0.3) is 0 Å². The summed E-state index contributed by atoms with van der Waals surface area (Å²) >= 11 is 0. The number of rotatable bonds is 17. The van der Waals surface area contributed by atoms with Crippen molar-refractivity contribution < 1.29 is 44.1 Å². The lowest BCUT2D eigenvalue weighted by atomic mass is 10.2. The van der Waals surface area contributed by atoms with Crippen LogP contribution in [0.4, 0.5) is 4.79 Å². The number of carbonyl (C=O) groups is 6. The fourth-order valence-electron chi connectivity index (χ4n) is 2.53. The summed E-state index contributed by atoms with van der Waals surface area (Å²) in [4.78, 5) is 67.1. The summed E-state index contributed by atoms with van der Waals surface area (Å²) in [7, 11) is 0. The molecule has 33 heavy (non-hydrogen) atoms. The van der Waals surface area contributed by atoms with Gasteiger partial charge in [0.05, 0.1) is 6.42 Å². The molecule has 0 aliphatic heterocycles. The quantitative estimate of drug-likeness (QED) is 0.110. The number of carboxylic acids is 3. The smallest absolute Gasteiger partial charge is 0.330 e. The van der Waals surface area contributed by atoms with E-state index in [0.717, 1.165) is 12.8 Å². The third-order valence-corrected chi connectivity index (χ3v) is 4.19. The number of carboxylic acid groups (broad SMARTS) is 3. The number of allylic oxidation sites excluding steroid dienone is 1. The third-order valence-electron chi connectivity index (χ3n) is 4.19. The molecule has 0 spiro atoms. The summed E-state index contributed by atoms with van der Waals surface area (Å²) in [6, 6.07) is -4.29. The fraction of sp³-hybridized carbons (Fsp3) is 0.600. The molecule has 1 unspecified atom stereocenters. The van der Waals surface area contributed by atoms with Gasteiger partial charge in [0.25, 0.3) is 0 Å². The van der Waals surface area contributed by atoms with Gasteiger partial charge >= 0.3 is 23.9 Å². The third kappa shape index (κ3) is 16.7. The highest BCUT2D eigenvalue weighted by Gasteiger charge is 2.25. The maximum atomic E-state index is 11.8. The van der Waals surface area contributed by atoms with Crippen molar-refractivity contribution in [1.82, 2.24) is 21.3 Å². The highest BCUT2D eigenvalue weighted by molar-refractivity contribution is 5.88. The van der Waals surface area contributed by atoms with Gasteiger partial charge in [0.2, 0.25) is 11.8 Å². The van der Waals surface area contributed by atoms with E-state index in [2.05, 4.69) is 10.6 Å². The summed E-state index contributed by atoms with van der Waals surface area (Å²) in [5.41, 5.74) is 0. The van der Waals surface area contributed by atoms with E-state index in [1.165, 1.54) is 19.1 Å². The molecule has 0 radical (unpaired) electrons. The Kier molecular flexibility index (Phi) is 15.1. The summed E-state index contributed by atoms with van der Waals surface area (Å²) in [6.45, 7) is 2.41. The molecule has 0 aromatic carbocycles. The van der Waals surface area contributed by atoms with Crippen LogP contribution in [0.5, 0.6) is 0 Å². The molecule has 2 atom stereocenters. The minimum Gasteiger partial charge on any atom is -0.481 e. The highest BCUT2D eigenvalue weighted by Crippen LogP contribution is 2.00. The average molecular weight is 472 g/mol. The minimum atomic E-state index is -1.71. The van der Waals surface area contributed by atoms with Crippen molar-refractivity contribution in [3.63, 3.8) is 0 Å². The first-order valence-corrected chi connectivity index (χ1v) is 10.4. The lowest BCUT2D eigenvalue weighted by molar-refractivity contribution is -0.145. The van der Waals surface area contributed by atoms with Crippen molar-refractivity contribution in [2.75, 3.05) is 13.1 Å². The summed E-state index contributed by atoms with van der Waals surface area (Å²) in [5.74, 6) is -4.58. The predicted octanol–water partition coefficient (Wildman–Crippen LogP) is -0.184. The zero-order valence-corrected chi connectivity index (χ0v) is 18.5. The molecular weight excluding hydrogens is 440 g/mol. The average Bonchev–Trinajstić information content (AvgIpc) is 2.70. The maximum Gasteiger partial charge on any atom is 0.330 e. The second-order valence-corrected chi connectivity index (χ2v) is 7.14. The molecular formula is C20H32N4O9. The van der Waals surface area contributed by atoms with Gasteiger partial charge in [0.15, 0.2) is 0 Å². The van der Waals surface area contributed by atoms with Crippen LogP contribution in [0.3, 0.4) is 0 Å². The number of nitrogens with one attached hydrogen (secondary N) is 4. The minimum absolute atomic E-state index is 0.0851. The molecule has 0 heterocycles. The number of aliphatic carboxylic acids is 3. The lowest BCUT2D eigenvalue weighted by Gasteiger charge is -2.15. The molecule has 0 aromatic rings. The van der Waals surface area contributed by atoms with E-state index in [0.29, 0.717) is 38.8 Å². The number of carbonyl (C=O) groups excluding carboxylic acids is 3. The molecule has 0 fully saturated rings. The molecule has 13 nitrogen and oxygen atoms in total. The molecule has 186 valence electrons. The van der Waals surface area contributed by atoms with Crippen LogP contribution in [0.2, 0.25) is 0 Å². The molecule has 4 amide bonds. The largest absolute Gasteiger partial charge is 0.481 e. The Hall–Kier alpha value is -3.64. The van der Waals surface area contributed by atoms with E-state index in [1.807, 2.05) is 10.6 Å². The topological polar surface area (TPSA) is 211 Å². The Balaban J connectivity index is 4.18. The molecule has 7 N–H and O–H groups in total. The van der Waals surface area contributed by atoms with E-state index in [4.69, 9.17) is 15.3 Å². The van der Waals surface area contributed by atoms with Crippen LogP contribution in [-0.2, 0) is 24.0 Å². The Morgan fingerprint density at radius 3 is 2.06 bits per heavy atom. The van der Waals surface area contributed by atoms with Crippen molar-refractivity contribution >= 4 is 35.8 Å². The Labute approximate surface area is 191 Å². The number of hydrogen-bond acceptors (Lipinski definition) is 6. The van der Waals surface area contributed by atoms with Gasteiger partial charge in [-0.15, -0.1) is 0 Å². The van der Waals surface area contributed by atoms with Gasteiger partial charge in [0.1, 0.15) is 12.1 Å². The van der Waals surface area contributed by atoms with Crippen LogP contribution in [0, 0.1) is 0 Å². The number of amides is 4. The first-order chi connectivity index (χ1) is 15.5. The monoisotopic (exact) mass is 472 g/mol. The van der Waals surface area contributed by atoms with Gasteiger partial charge in [-0.3, -0.25) is 14.4 Å². The van der Waals surface area contributed by atoms with Gasteiger partial charge in [-0.2, -0.15) is 0 Å². The van der Waals surface area contributed by atoms with E-state index >= 15 is 0 Å². The molecule has 0 bridgehead atoms. The second-order valence-electron chi connectivity index (χ2n) is 7.14. The number of hydrogen-bond donors (Lipinski definition) is 7. The first-order valence-electron chi connectivity index (χ1n) is 10.4. The molecule has 13 heteroatoms. The van der Waals surface area contributed by atoms with Gasteiger partial charge in [0, 0.05) is 26.4 Å². The summed E-state index contributed by atoms with van der Waals surface area (Å²) in [5, 5.41) is 36.1. The van der Waals surface area contributed by atoms with Crippen LogP contribution < -0.4 is 21.3 Å². The fourth-order valence-corrected chi connectivity index (χ4v) is 2.53. The molecule has 0 saturated carbocycles. The normalized spacial score (nSPS) is 12.4. The highest BCUT2D eigenvalue weighted by atomic mass is 16.4. The summed E-state index contributed by atoms with van der Waals surface area (Å²) < 4.78 is 0. The second kappa shape index (κ2) is 17.0. The Morgan fingerprint density at radius 1 is 0.818 bits per heavy atom. The van der Waals surface area contributed by atoms with Crippen molar-refractivity contribution in [3.05, 3.63) is 12.2 Å². The van der Waals surface area contributed by atoms with E-state index in [1.54, 1.807) is 0 Å². The molecule has 0 aromatic heterocycles. The van der Waals surface area contributed by atoms with E-state index < -0.39 is 42.4 Å². The standard InChI is InChI=1S/C20H32N4O9/c1-13(25)21-10-6-3-5-9-16(26)22-11-7-2-4-8-14(18(29)30)23-20(33)24-15(19(31)32)12-17(27)28/h4,8,14-15H,2-3,5-7,9-12H2,1H3,(H,21,25)(H,22,26)(H,27,28)(H,29,30)(H,31,32)(H2,23,24,33)/b8-4+/t14?,15-/m0/s1. The summed E-state index contributed by atoms with van der Waals surface area (Å²) in [6.07, 6.45) is 5.47. The number of urea groups is 1. The van der Waals surface area contributed by atoms with Crippen molar-refractivity contribution in [2.45, 2.75) is 64.0 Å². The van der Waals surface area contributed by atoms with Crippen LogP contribution in [0.1, 0.15) is 51.9 Å². The zero-order valence-electron chi connectivity index (χ0n) is 18.5. The van der Waals surface area contributed by atoms with Gasteiger partial charge in [-0.05, 0) is 25.7 Å². The van der Waals surface area contributed by atoms with Crippen LogP contribution in [-0.4, -0.2) is 76.2 Å². The van der Waals surface area contributed by atoms with Crippen LogP contribution >= 0.6 is 0 Å². The Morgan fingerprint density at radius 2 is 1.48 bits per heavy atom. The zero-order chi connectivity index (χ0) is 25.2. The maximum absolute atomic E-state index is 11.8. The van der Waals surface area contributed by atoms with Crippen molar-refractivity contribution in [2.24, 2.45) is 0 Å². The first kappa shape index (κ1) is 29.4. The van der Waals surface area contributed by atoms with Crippen molar-refractivity contribution in [1.29, 1.82) is 0 Å². The predicted molar refractivity (Wildman–Crippen MR) is 115 cm³/mol. The number of unbranched alkanes of at least 4 members (excludes halogenated alkanes) is 3. The van der Waals surface area contributed by atoms with Crippen LogP contribution in [0.15, 0.2) is 12.2 Å². The van der Waals surface area contributed by atoms with E-state index in [9.17, 15) is 28.8 Å². The van der Waals surface area contributed by atoms with Gasteiger partial charge in [-0.1, -0.05) is 18.6 Å². The van der Waals surface area contributed by atoms with Gasteiger partial charge < -0.3 is 36.6 Å². The SMILES string of the molecule is CC(=O)NCCCCCC(=O)NCCC/C=C/C(NC(=O)N[C@@H](CC(=O)O)C(=O)O)C(=O)O. The molecule has 0 aliphatic carbocycles. The van der Waals surface area contributed by atoms with Gasteiger partial charge in [-0.25, -0.2) is 14.4 Å². The molecule has 0 aliphatic rings. The van der Waals surface area contributed by atoms with Crippen molar-refractivity contribution in [3.8, 4) is 0 Å². The Bertz CT molecular complexity index is 724. The molecule has 0 rings (SSSR count). The lowest BCUT2D eigenvalue weighted by Crippen LogP contribution is -2.51.